The Bertz CT molecular complexity index is 1230. The molecule has 11 nitrogen and oxygen atoms in total. The molecule has 1 fully saturated rings. The first-order valence-corrected chi connectivity index (χ1v) is 11.5. The summed E-state index contributed by atoms with van der Waals surface area (Å²) in [6.07, 6.45) is 1.41. The van der Waals surface area contributed by atoms with Crippen LogP contribution in [0.15, 0.2) is 57.8 Å². The van der Waals surface area contributed by atoms with Gasteiger partial charge >= 0.3 is 0 Å². The number of likely N-dealkylation sites (tertiary alicyclic amines) is 1. The maximum atomic E-state index is 12.7. The molecule has 2 N–H and O–H groups in total. The van der Waals surface area contributed by atoms with Crippen molar-refractivity contribution in [1.82, 2.24) is 10.2 Å². The molecule has 1 atom stereocenters. The molecule has 1 saturated heterocycles. The van der Waals surface area contributed by atoms with E-state index in [1.807, 2.05) is 0 Å². The van der Waals surface area contributed by atoms with Crippen LogP contribution in [0.1, 0.15) is 30.1 Å². The smallest absolute Gasteiger partial charge is 0.284 e. The molecule has 0 saturated carbocycles. The lowest BCUT2D eigenvalue weighted by Gasteiger charge is -2.15. The highest BCUT2D eigenvalue weighted by molar-refractivity contribution is 7.90. The second-order valence-corrected chi connectivity index (χ2v) is 9.13. The van der Waals surface area contributed by atoms with Crippen molar-refractivity contribution in [2.45, 2.75) is 30.7 Å². The van der Waals surface area contributed by atoms with E-state index in [9.17, 15) is 28.1 Å². The third-order valence-corrected chi connectivity index (χ3v) is 6.32. The fourth-order valence-electron chi connectivity index (χ4n) is 3.19. The van der Waals surface area contributed by atoms with Gasteiger partial charge in [-0.3, -0.25) is 19.7 Å². The number of amidine groups is 1. The molecule has 1 heterocycles. The zero-order valence-electron chi connectivity index (χ0n) is 18.0. The fraction of sp³-hybridized carbons (Fsp3) is 0.286. The Labute approximate surface area is 190 Å². The Kier molecular flexibility index (Phi) is 7.07. The van der Waals surface area contributed by atoms with Crippen LogP contribution in [-0.4, -0.2) is 55.5 Å². The summed E-state index contributed by atoms with van der Waals surface area (Å²) in [5.41, 5.74) is 0.00980. The average Bonchev–Trinajstić information content (AvgIpc) is 3.17. The number of nitro groups is 1. The van der Waals surface area contributed by atoms with E-state index >= 15 is 0 Å². The van der Waals surface area contributed by atoms with Gasteiger partial charge in [0.25, 0.3) is 21.6 Å². The zero-order chi connectivity index (χ0) is 24.2. The van der Waals surface area contributed by atoms with E-state index < -0.39 is 32.8 Å². The Balaban J connectivity index is 1.68. The molecular formula is C21H23N5O6S. The third-order valence-electron chi connectivity index (χ3n) is 5.02. The van der Waals surface area contributed by atoms with Gasteiger partial charge in [0.15, 0.2) is 0 Å². The maximum Gasteiger partial charge on any atom is 0.284 e. The number of carbonyl (C=O) groups is 2. The summed E-state index contributed by atoms with van der Waals surface area (Å²) in [6.45, 7) is 2.18. The molecule has 0 aliphatic carbocycles. The van der Waals surface area contributed by atoms with E-state index in [-0.39, 0.29) is 21.8 Å². The first-order valence-electron chi connectivity index (χ1n) is 10.1. The summed E-state index contributed by atoms with van der Waals surface area (Å²) in [5.74, 6) is -0.763. The molecule has 0 aromatic heterocycles. The Morgan fingerprint density at radius 1 is 1.18 bits per heavy atom. The molecule has 0 bridgehead atoms. The molecule has 174 valence electrons. The first kappa shape index (κ1) is 23.9. The van der Waals surface area contributed by atoms with Gasteiger partial charge in [-0.25, -0.2) is 0 Å². The van der Waals surface area contributed by atoms with Gasteiger partial charge in [0.05, 0.1) is 9.82 Å². The summed E-state index contributed by atoms with van der Waals surface area (Å²) in [6, 6.07) is 9.80. The van der Waals surface area contributed by atoms with Crippen LogP contribution in [0, 0.1) is 10.1 Å². The molecule has 1 aliphatic rings. The van der Waals surface area contributed by atoms with Gasteiger partial charge in [-0.05, 0) is 37.6 Å². The number of rotatable bonds is 7. The number of hydrogen-bond acceptors (Lipinski definition) is 6. The number of anilines is 1. The minimum absolute atomic E-state index is 0.0351. The average molecular weight is 474 g/mol. The van der Waals surface area contributed by atoms with Crippen LogP contribution in [0.3, 0.4) is 0 Å². The van der Waals surface area contributed by atoms with Gasteiger partial charge in [0.2, 0.25) is 5.91 Å². The van der Waals surface area contributed by atoms with Crippen LogP contribution in [0.5, 0.6) is 0 Å². The quantitative estimate of drug-likeness (QED) is 0.462. The minimum Gasteiger partial charge on any atom is -0.362 e. The molecule has 3 rings (SSSR count). The Morgan fingerprint density at radius 2 is 1.91 bits per heavy atom. The normalized spacial score (nSPS) is 15.8. The van der Waals surface area contributed by atoms with Gasteiger partial charge in [-0.1, -0.05) is 12.1 Å². The molecular weight excluding hydrogens is 450 g/mol. The number of amides is 2. The molecule has 1 aliphatic heterocycles. The minimum atomic E-state index is -3.95. The monoisotopic (exact) mass is 473 g/mol. The number of nitrogens with one attached hydrogen (secondary N) is 2. The summed E-state index contributed by atoms with van der Waals surface area (Å²) in [4.78, 5) is 36.8. The molecule has 2 aromatic carbocycles. The highest BCUT2D eigenvalue weighted by atomic mass is 32.2. The summed E-state index contributed by atoms with van der Waals surface area (Å²) in [5, 5.41) is 15.9. The largest absolute Gasteiger partial charge is 0.362 e. The number of nitro benzene ring substituents is 1. The third kappa shape index (κ3) is 5.92. The molecule has 12 heteroatoms. The van der Waals surface area contributed by atoms with Gasteiger partial charge in [0.1, 0.15) is 11.9 Å². The highest BCUT2D eigenvalue weighted by Crippen LogP contribution is 2.20. The molecule has 33 heavy (non-hydrogen) atoms. The van der Waals surface area contributed by atoms with Crippen molar-refractivity contribution in [2.75, 3.05) is 18.9 Å². The lowest BCUT2D eigenvalue weighted by molar-refractivity contribution is -0.384. The molecule has 2 amide bonds. The van der Waals surface area contributed by atoms with E-state index in [0.29, 0.717) is 12.3 Å². The standard InChI is InChI=1S/C21H23N5O6S/c1-14(22-21(28)15-6-3-8-17(12-15)26(29)30)20(27)23-16-7-4-9-18(13-16)33(31,32)24-19-10-5-11-25(19)2/h3-4,6-9,12-14H,5,10-11H2,1-2H3,(H,22,28)(H,23,27). The predicted molar refractivity (Wildman–Crippen MR) is 122 cm³/mol. The number of benzene rings is 2. The number of sulfonamides is 1. The van der Waals surface area contributed by atoms with Crippen LogP contribution in [0.4, 0.5) is 11.4 Å². The van der Waals surface area contributed by atoms with E-state index in [2.05, 4.69) is 15.0 Å². The second-order valence-electron chi connectivity index (χ2n) is 7.53. The number of nitrogens with zero attached hydrogens (tertiary/aromatic N) is 3. The fourth-order valence-corrected chi connectivity index (χ4v) is 4.33. The molecule has 1 unspecified atom stereocenters. The van der Waals surface area contributed by atoms with Gasteiger partial charge in [-0.15, -0.1) is 4.40 Å². The SMILES string of the molecule is CC(NC(=O)c1cccc([N+](=O)[O-])c1)C(=O)Nc1cccc(S(=O)(=O)N=C2CCCN2C)c1. The van der Waals surface area contributed by atoms with E-state index in [1.165, 1.54) is 49.4 Å². The Hall–Kier alpha value is -3.80. The molecule has 2 aromatic rings. The highest BCUT2D eigenvalue weighted by Gasteiger charge is 2.22. The topological polar surface area (TPSA) is 151 Å². The van der Waals surface area contributed by atoms with Crippen molar-refractivity contribution >= 4 is 39.0 Å². The first-order chi connectivity index (χ1) is 15.6. The lowest BCUT2D eigenvalue weighted by atomic mass is 10.1. The number of non-ortho nitro benzene ring substituents is 1. The molecule has 0 radical (unpaired) electrons. The van der Waals surface area contributed by atoms with Crippen LogP contribution in [0.25, 0.3) is 0 Å². The Morgan fingerprint density at radius 3 is 2.58 bits per heavy atom. The number of hydrogen-bond donors (Lipinski definition) is 2. The van der Waals surface area contributed by atoms with Gasteiger partial charge in [-0.2, -0.15) is 8.42 Å². The van der Waals surface area contributed by atoms with Crippen LogP contribution < -0.4 is 10.6 Å². The van der Waals surface area contributed by atoms with Crippen molar-refractivity contribution in [3.05, 3.63) is 64.2 Å². The van der Waals surface area contributed by atoms with Crippen LogP contribution in [0.2, 0.25) is 0 Å². The van der Waals surface area contributed by atoms with Crippen molar-refractivity contribution in [3.8, 4) is 0 Å². The predicted octanol–water partition coefficient (Wildman–Crippen LogP) is 2.16. The van der Waals surface area contributed by atoms with E-state index in [4.69, 9.17) is 0 Å². The van der Waals surface area contributed by atoms with E-state index in [1.54, 1.807) is 11.9 Å². The van der Waals surface area contributed by atoms with Gasteiger partial charge < -0.3 is 15.5 Å². The van der Waals surface area contributed by atoms with Crippen LogP contribution >= 0.6 is 0 Å². The number of carbonyl (C=O) groups excluding carboxylic acids is 2. The van der Waals surface area contributed by atoms with Crippen molar-refractivity contribution in [1.29, 1.82) is 0 Å². The zero-order valence-corrected chi connectivity index (χ0v) is 18.8. The molecule has 0 spiro atoms. The van der Waals surface area contributed by atoms with E-state index in [0.717, 1.165) is 19.0 Å². The van der Waals surface area contributed by atoms with Gasteiger partial charge in [0, 0.05) is 43.4 Å². The second kappa shape index (κ2) is 9.77. The van der Waals surface area contributed by atoms with Crippen molar-refractivity contribution in [2.24, 2.45) is 4.40 Å². The summed E-state index contributed by atoms with van der Waals surface area (Å²) >= 11 is 0. The van der Waals surface area contributed by atoms with Crippen molar-refractivity contribution in [3.63, 3.8) is 0 Å². The lowest BCUT2D eigenvalue weighted by Crippen LogP contribution is -2.41. The summed E-state index contributed by atoms with van der Waals surface area (Å²) in [7, 11) is -2.17. The summed E-state index contributed by atoms with van der Waals surface area (Å²) < 4.78 is 29.2. The van der Waals surface area contributed by atoms with Crippen molar-refractivity contribution < 1.29 is 22.9 Å². The van der Waals surface area contributed by atoms with Crippen LogP contribution in [-0.2, 0) is 14.8 Å². The maximum absolute atomic E-state index is 12.7.